The molecule has 21 heavy (non-hydrogen) atoms. The van der Waals surface area contributed by atoms with Crippen LogP contribution in [0.25, 0.3) is 6.08 Å². The third-order valence-electron chi connectivity index (χ3n) is 3.40. The smallest absolute Gasteiger partial charge is 0.367 e. The highest BCUT2D eigenvalue weighted by atomic mass is 32.2. The second-order valence-electron chi connectivity index (χ2n) is 4.71. The van der Waals surface area contributed by atoms with Gasteiger partial charge in [0, 0.05) is 12.0 Å². The molecule has 0 saturated carbocycles. The number of allylic oxidation sites excluding steroid dienone is 1. The van der Waals surface area contributed by atoms with Crippen LogP contribution in [0.3, 0.4) is 0 Å². The Hall–Kier alpha value is -1.73. The van der Waals surface area contributed by atoms with Crippen LogP contribution in [0.15, 0.2) is 24.3 Å². The van der Waals surface area contributed by atoms with E-state index in [1.807, 2.05) is 18.2 Å². The van der Waals surface area contributed by atoms with Crippen molar-refractivity contribution >= 4 is 22.2 Å². The summed E-state index contributed by atoms with van der Waals surface area (Å²) in [6, 6.07) is 4.90. The van der Waals surface area contributed by atoms with E-state index < -0.39 is 27.5 Å². The fraction of sp³-hybridized carbons (Fsp3) is 0.357. The molecule has 5 nitrogen and oxygen atoms in total. The summed E-state index contributed by atoms with van der Waals surface area (Å²) in [6.07, 6.45) is 4.42. The second-order valence-corrected chi connectivity index (χ2v) is 6.31. The maximum absolute atomic E-state index is 14.2. The molecule has 0 saturated heterocycles. The van der Waals surface area contributed by atoms with E-state index in [0.717, 1.165) is 18.9 Å². The van der Waals surface area contributed by atoms with Gasteiger partial charge in [-0.3, -0.25) is 4.55 Å². The number of fused-ring (bicyclic) bond motifs is 1. The van der Waals surface area contributed by atoms with Gasteiger partial charge in [0.05, 0.1) is 0 Å². The molecule has 1 N–H and O–H groups in total. The first-order chi connectivity index (χ1) is 9.79. The lowest BCUT2D eigenvalue weighted by atomic mass is 9.96. The zero-order chi connectivity index (χ0) is 15.7. The summed E-state index contributed by atoms with van der Waals surface area (Å²) in [6.45, 7) is 1.14. The number of benzene rings is 1. The predicted octanol–water partition coefficient (Wildman–Crippen LogP) is 2.52. The minimum atomic E-state index is -5.21. The zero-order valence-electron chi connectivity index (χ0n) is 11.4. The standard InChI is InChI=1S/C14H15FO5S/c1-2-14(15,21(17,18)19)13(16)20-12-9-5-7-10-6-3-4-8-11(10)12/h3,5-7,9H,2,4,8H2,1H3,(H,17,18,19). The fourth-order valence-electron chi connectivity index (χ4n) is 2.15. The Morgan fingerprint density at radius 3 is 2.81 bits per heavy atom. The fourth-order valence-corrected chi connectivity index (χ4v) is 2.77. The largest absolute Gasteiger partial charge is 0.423 e. The molecule has 0 radical (unpaired) electrons. The number of carbonyl (C=O) groups excluding carboxylic acids is 1. The number of ether oxygens (including phenoxy) is 1. The molecule has 1 aliphatic rings. The summed E-state index contributed by atoms with van der Waals surface area (Å²) < 4.78 is 50.2. The highest BCUT2D eigenvalue weighted by Gasteiger charge is 2.51. The van der Waals surface area contributed by atoms with Crippen molar-refractivity contribution in [2.24, 2.45) is 0 Å². The van der Waals surface area contributed by atoms with Gasteiger partial charge in [-0.2, -0.15) is 8.42 Å². The van der Waals surface area contributed by atoms with E-state index in [2.05, 4.69) is 0 Å². The Morgan fingerprint density at radius 1 is 1.48 bits per heavy atom. The molecule has 1 aliphatic carbocycles. The van der Waals surface area contributed by atoms with Crippen molar-refractivity contribution in [2.45, 2.75) is 31.2 Å². The van der Waals surface area contributed by atoms with Crippen LogP contribution in [0.5, 0.6) is 5.75 Å². The average Bonchev–Trinajstić information content (AvgIpc) is 2.45. The van der Waals surface area contributed by atoms with Gasteiger partial charge in [-0.1, -0.05) is 31.2 Å². The topological polar surface area (TPSA) is 80.7 Å². The molecule has 0 heterocycles. The number of hydrogen-bond acceptors (Lipinski definition) is 4. The third kappa shape index (κ3) is 2.84. The van der Waals surface area contributed by atoms with Gasteiger partial charge >= 0.3 is 21.1 Å². The number of alkyl halides is 1. The van der Waals surface area contributed by atoms with E-state index in [1.54, 1.807) is 6.07 Å². The van der Waals surface area contributed by atoms with Crippen LogP contribution in [0.4, 0.5) is 4.39 Å². The lowest BCUT2D eigenvalue weighted by Crippen LogP contribution is -2.44. The number of rotatable bonds is 4. The van der Waals surface area contributed by atoms with Crippen molar-refractivity contribution in [3.8, 4) is 5.75 Å². The van der Waals surface area contributed by atoms with Gasteiger partial charge < -0.3 is 4.74 Å². The summed E-state index contributed by atoms with van der Waals surface area (Å²) in [7, 11) is -5.21. The van der Waals surface area contributed by atoms with E-state index in [1.165, 1.54) is 6.07 Å². The van der Waals surface area contributed by atoms with Crippen molar-refractivity contribution in [1.82, 2.24) is 0 Å². The predicted molar refractivity (Wildman–Crippen MR) is 75.1 cm³/mol. The van der Waals surface area contributed by atoms with Crippen LogP contribution in [-0.4, -0.2) is 23.9 Å². The minimum absolute atomic E-state index is 0.112. The molecule has 0 bridgehead atoms. The van der Waals surface area contributed by atoms with Gasteiger partial charge in [0.25, 0.3) is 0 Å². The van der Waals surface area contributed by atoms with Crippen LogP contribution >= 0.6 is 0 Å². The van der Waals surface area contributed by atoms with E-state index in [4.69, 9.17) is 9.29 Å². The van der Waals surface area contributed by atoms with Crippen LogP contribution in [-0.2, 0) is 21.3 Å². The van der Waals surface area contributed by atoms with Gasteiger partial charge in [-0.05, 0) is 24.5 Å². The molecule has 7 heteroatoms. The molecule has 1 unspecified atom stereocenters. The van der Waals surface area contributed by atoms with Gasteiger partial charge in [-0.25, -0.2) is 9.18 Å². The zero-order valence-corrected chi connectivity index (χ0v) is 12.2. The van der Waals surface area contributed by atoms with E-state index >= 15 is 0 Å². The Kier molecular flexibility index (Phi) is 4.15. The Labute approximate surface area is 122 Å². The summed E-state index contributed by atoms with van der Waals surface area (Å²) in [5, 5.41) is -3.46. The van der Waals surface area contributed by atoms with Crippen LogP contribution in [0.1, 0.15) is 30.9 Å². The first-order valence-electron chi connectivity index (χ1n) is 6.46. The number of hydrogen-bond donors (Lipinski definition) is 1. The average molecular weight is 314 g/mol. The van der Waals surface area contributed by atoms with Gasteiger partial charge in [0.2, 0.25) is 0 Å². The van der Waals surface area contributed by atoms with Crippen molar-refractivity contribution in [2.75, 3.05) is 0 Å². The highest BCUT2D eigenvalue weighted by Crippen LogP contribution is 2.31. The monoisotopic (exact) mass is 314 g/mol. The minimum Gasteiger partial charge on any atom is -0.423 e. The molecule has 0 aromatic heterocycles. The molecule has 114 valence electrons. The first kappa shape index (κ1) is 15.7. The second kappa shape index (κ2) is 5.57. The Morgan fingerprint density at radius 2 is 2.19 bits per heavy atom. The molecule has 0 amide bonds. The Bertz CT molecular complexity index is 695. The number of carbonyl (C=O) groups is 1. The molecule has 1 aromatic carbocycles. The first-order valence-corrected chi connectivity index (χ1v) is 7.90. The SMILES string of the molecule is CCC(F)(C(=O)Oc1cccc2c1CCC=C2)S(=O)(=O)O. The molecule has 0 spiro atoms. The Balaban J connectivity index is 2.35. The van der Waals surface area contributed by atoms with Crippen LogP contribution < -0.4 is 4.74 Å². The van der Waals surface area contributed by atoms with Crippen molar-refractivity contribution in [3.63, 3.8) is 0 Å². The van der Waals surface area contributed by atoms with E-state index in [0.29, 0.717) is 12.0 Å². The normalized spacial score (nSPS) is 16.9. The lowest BCUT2D eigenvalue weighted by Gasteiger charge is -2.20. The summed E-state index contributed by atoms with van der Waals surface area (Å²) in [5.74, 6) is -1.52. The molecular weight excluding hydrogens is 299 g/mol. The summed E-state index contributed by atoms with van der Waals surface area (Å²) >= 11 is 0. The molecule has 1 atom stereocenters. The lowest BCUT2D eigenvalue weighted by molar-refractivity contribution is -0.142. The van der Waals surface area contributed by atoms with Crippen LogP contribution in [0, 0.1) is 0 Å². The highest BCUT2D eigenvalue weighted by molar-refractivity contribution is 7.87. The quantitative estimate of drug-likeness (QED) is 0.525. The maximum Gasteiger partial charge on any atom is 0.367 e. The number of esters is 1. The van der Waals surface area contributed by atoms with Crippen molar-refractivity contribution < 1.29 is 26.9 Å². The molecule has 0 fully saturated rings. The van der Waals surface area contributed by atoms with E-state index in [9.17, 15) is 17.6 Å². The van der Waals surface area contributed by atoms with Crippen molar-refractivity contribution in [3.05, 3.63) is 35.4 Å². The molecule has 1 aromatic rings. The summed E-state index contributed by atoms with van der Waals surface area (Å²) in [4.78, 5) is 11.8. The van der Waals surface area contributed by atoms with Crippen molar-refractivity contribution in [1.29, 1.82) is 0 Å². The summed E-state index contributed by atoms with van der Waals surface area (Å²) in [5.41, 5.74) is 1.54. The maximum atomic E-state index is 14.2. The van der Waals surface area contributed by atoms with Crippen LogP contribution in [0.2, 0.25) is 0 Å². The van der Waals surface area contributed by atoms with E-state index in [-0.39, 0.29) is 5.75 Å². The molecule has 2 rings (SSSR count). The third-order valence-corrected chi connectivity index (χ3v) is 4.67. The molecule has 0 aliphatic heterocycles. The number of halogens is 1. The van der Waals surface area contributed by atoms with Gasteiger partial charge in [0.1, 0.15) is 5.75 Å². The van der Waals surface area contributed by atoms with Gasteiger partial charge in [0.15, 0.2) is 0 Å². The van der Waals surface area contributed by atoms with Gasteiger partial charge in [-0.15, -0.1) is 0 Å². The molecular formula is C14H15FO5S.